The van der Waals surface area contributed by atoms with E-state index in [0.29, 0.717) is 12.5 Å². The summed E-state index contributed by atoms with van der Waals surface area (Å²) in [6.07, 6.45) is 3.24. The molecule has 76 valence electrons. The molecule has 5 heteroatoms. The predicted octanol–water partition coefficient (Wildman–Crippen LogP) is 0.279. The molecule has 0 saturated carbocycles. The lowest BCUT2D eigenvalue weighted by atomic mass is 10.3. The van der Waals surface area contributed by atoms with E-state index < -0.39 is 0 Å². The average molecular weight is 204 g/mol. The number of carbonyl (C=O) groups is 1. The molecule has 0 aromatic carbocycles. The van der Waals surface area contributed by atoms with E-state index in [4.69, 9.17) is 10.6 Å². The van der Waals surface area contributed by atoms with Crippen molar-refractivity contribution in [1.29, 1.82) is 0 Å². The van der Waals surface area contributed by atoms with Gasteiger partial charge in [-0.3, -0.25) is 10.2 Å². The van der Waals surface area contributed by atoms with E-state index in [1.165, 1.54) is 6.42 Å². The summed E-state index contributed by atoms with van der Waals surface area (Å²) in [5.41, 5.74) is 2.11. The molecule has 1 rings (SSSR count). The van der Waals surface area contributed by atoms with Gasteiger partial charge in [0.15, 0.2) is 0 Å². The average Bonchev–Trinajstić information content (AvgIpc) is 2.64. The first-order chi connectivity index (χ1) is 6.33. The van der Waals surface area contributed by atoms with Crippen LogP contribution in [0, 0.1) is 0 Å². The minimum absolute atomic E-state index is 0.0974. The molecule has 1 atom stereocenters. The largest absolute Gasteiger partial charge is 0.377 e. The summed E-state index contributed by atoms with van der Waals surface area (Å²) in [6, 6.07) is 0. The second-order valence-corrected chi connectivity index (χ2v) is 4.18. The molecular formula is C8H16N2O2S. The van der Waals surface area contributed by atoms with Gasteiger partial charge in [0.05, 0.1) is 6.10 Å². The molecule has 1 heterocycles. The van der Waals surface area contributed by atoms with Gasteiger partial charge in [0.25, 0.3) is 0 Å². The fourth-order valence-electron chi connectivity index (χ4n) is 1.23. The number of nitrogens with one attached hydrogen (secondary N) is 1. The van der Waals surface area contributed by atoms with Gasteiger partial charge in [-0.1, -0.05) is 0 Å². The van der Waals surface area contributed by atoms with E-state index in [0.717, 1.165) is 24.5 Å². The van der Waals surface area contributed by atoms with E-state index in [9.17, 15) is 4.79 Å². The fraction of sp³-hybridized carbons (Fsp3) is 0.875. The molecule has 0 radical (unpaired) electrons. The highest BCUT2D eigenvalue weighted by atomic mass is 32.2. The van der Waals surface area contributed by atoms with Gasteiger partial charge in [-0.2, -0.15) is 11.8 Å². The Hall–Kier alpha value is -0.260. The Kier molecular flexibility index (Phi) is 5.19. The van der Waals surface area contributed by atoms with Crippen LogP contribution in [-0.2, 0) is 9.53 Å². The lowest BCUT2D eigenvalue weighted by molar-refractivity contribution is -0.120. The zero-order valence-electron chi connectivity index (χ0n) is 7.62. The van der Waals surface area contributed by atoms with E-state index in [1.807, 2.05) is 0 Å². The van der Waals surface area contributed by atoms with Crippen LogP contribution in [0.1, 0.15) is 19.3 Å². The lowest BCUT2D eigenvalue weighted by Crippen LogP contribution is -2.30. The molecule has 1 fully saturated rings. The molecule has 0 aromatic rings. The van der Waals surface area contributed by atoms with Crippen molar-refractivity contribution in [2.24, 2.45) is 5.84 Å². The lowest BCUT2D eigenvalue weighted by Gasteiger charge is -2.07. The van der Waals surface area contributed by atoms with E-state index >= 15 is 0 Å². The number of amides is 1. The van der Waals surface area contributed by atoms with Gasteiger partial charge >= 0.3 is 0 Å². The van der Waals surface area contributed by atoms with Gasteiger partial charge in [-0.15, -0.1) is 0 Å². The van der Waals surface area contributed by atoms with Crippen molar-refractivity contribution in [1.82, 2.24) is 5.43 Å². The Morgan fingerprint density at radius 2 is 2.54 bits per heavy atom. The van der Waals surface area contributed by atoms with Crippen molar-refractivity contribution in [2.45, 2.75) is 25.4 Å². The zero-order chi connectivity index (χ0) is 9.52. The molecule has 1 saturated heterocycles. The molecule has 1 aliphatic heterocycles. The van der Waals surface area contributed by atoms with E-state index in [1.54, 1.807) is 11.8 Å². The highest BCUT2D eigenvalue weighted by Gasteiger charge is 2.14. The van der Waals surface area contributed by atoms with Gasteiger partial charge in [-0.05, 0) is 12.8 Å². The second kappa shape index (κ2) is 6.23. The first-order valence-electron chi connectivity index (χ1n) is 4.51. The van der Waals surface area contributed by atoms with Crippen LogP contribution in [0.2, 0.25) is 0 Å². The molecule has 1 aliphatic rings. The van der Waals surface area contributed by atoms with Crippen molar-refractivity contribution in [2.75, 3.05) is 18.1 Å². The minimum Gasteiger partial charge on any atom is -0.377 e. The summed E-state index contributed by atoms with van der Waals surface area (Å²) in [6.45, 7) is 0.897. The molecule has 0 aromatic heterocycles. The van der Waals surface area contributed by atoms with Gasteiger partial charge in [0, 0.05) is 24.5 Å². The van der Waals surface area contributed by atoms with E-state index in [2.05, 4.69) is 5.43 Å². The van der Waals surface area contributed by atoms with Crippen LogP contribution < -0.4 is 11.3 Å². The molecule has 1 unspecified atom stereocenters. The summed E-state index contributed by atoms with van der Waals surface area (Å²) in [4.78, 5) is 10.7. The van der Waals surface area contributed by atoms with Crippen molar-refractivity contribution < 1.29 is 9.53 Å². The Balaban J connectivity index is 1.91. The molecule has 0 bridgehead atoms. The fourth-order valence-corrected chi connectivity index (χ4v) is 2.25. The molecule has 0 aliphatic carbocycles. The summed E-state index contributed by atoms with van der Waals surface area (Å²) in [7, 11) is 0. The highest BCUT2D eigenvalue weighted by Crippen LogP contribution is 2.17. The highest BCUT2D eigenvalue weighted by molar-refractivity contribution is 7.99. The number of carbonyl (C=O) groups excluding carboxylic acids is 1. The Morgan fingerprint density at radius 3 is 3.15 bits per heavy atom. The monoisotopic (exact) mass is 204 g/mol. The summed E-state index contributed by atoms with van der Waals surface area (Å²) < 4.78 is 5.44. The number of ether oxygens (including phenoxy) is 1. The number of nitrogens with two attached hydrogens (primary N) is 1. The maximum Gasteiger partial charge on any atom is 0.234 e. The smallest absolute Gasteiger partial charge is 0.234 e. The summed E-state index contributed by atoms with van der Waals surface area (Å²) in [5, 5.41) is 0. The second-order valence-electron chi connectivity index (χ2n) is 3.03. The van der Waals surface area contributed by atoms with Crippen LogP contribution in [0.4, 0.5) is 0 Å². The topological polar surface area (TPSA) is 64.3 Å². The van der Waals surface area contributed by atoms with Crippen LogP contribution >= 0.6 is 11.8 Å². The number of thioether (sulfide) groups is 1. The summed E-state index contributed by atoms with van der Waals surface area (Å²) >= 11 is 1.75. The molecule has 4 nitrogen and oxygen atoms in total. The number of hydrogen-bond donors (Lipinski definition) is 2. The number of hydrogen-bond acceptors (Lipinski definition) is 4. The maximum absolute atomic E-state index is 10.7. The van der Waals surface area contributed by atoms with Crippen LogP contribution in [0.25, 0.3) is 0 Å². The SMILES string of the molecule is NNC(=O)CCSCC1CCCO1. The van der Waals surface area contributed by atoms with Gasteiger partial charge in [0.2, 0.25) is 5.91 Å². The molecule has 13 heavy (non-hydrogen) atoms. The first-order valence-corrected chi connectivity index (χ1v) is 5.67. The minimum atomic E-state index is -0.0974. The van der Waals surface area contributed by atoms with Crippen LogP contribution in [-0.4, -0.2) is 30.1 Å². The third-order valence-electron chi connectivity index (χ3n) is 1.96. The zero-order valence-corrected chi connectivity index (χ0v) is 8.44. The van der Waals surface area contributed by atoms with E-state index in [-0.39, 0.29) is 5.91 Å². The molecular weight excluding hydrogens is 188 g/mol. The Morgan fingerprint density at radius 1 is 1.69 bits per heavy atom. The quantitative estimate of drug-likeness (QED) is 0.292. The Labute approximate surface area is 82.5 Å². The van der Waals surface area contributed by atoms with Crippen molar-refractivity contribution in [3.05, 3.63) is 0 Å². The predicted molar refractivity (Wildman–Crippen MR) is 53.2 cm³/mol. The third kappa shape index (κ3) is 4.50. The van der Waals surface area contributed by atoms with Gasteiger partial charge in [0.1, 0.15) is 0 Å². The van der Waals surface area contributed by atoms with Crippen LogP contribution in [0.5, 0.6) is 0 Å². The number of hydrazine groups is 1. The van der Waals surface area contributed by atoms with Crippen molar-refractivity contribution in [3.8, 4) is 0 Å². The standard InChI is InChI=1S/C8H16N2O2S/c9-10-8(11)3-5-13-6-7-2-1-4-12-7/h7H,1-6,9H2,(H,10,11). The van der Waals surface area contributed by atoms with Gasteiger partial charge in [-0.25, -0.2) is 5.84 Å². The maximum atomic E-state index is 10.7. The van der Waals surface area contributed by atoms with Crippen LogP contribution in [0.3, 0.4) is 0 Å². The van der Waals surface area contributed by atoms with Gasteiger partial charge < -0.3 is 4.74 Å². The Bertz CT molecular complexity index is 160. The summed E-state index contributed by atoms with van der Waals surface area (Å²) in [5.74, 6) is 6.67. The molecule has 1 amide bonds. The van der Waals surface area contributed by atoms with Crippen molar-refractivity contribution >= 4 is 17.7 Å². The number of rotatable bonds is 5. The molecule has 3 N–H and O–H groups in total. The third-order valence-corrected chi connectivity index (χ3v) is 3.06. The van der Waals surface area contributed by atoms with Crippen LogP contribution in [0.15, 0.2) is 0 Å². The molecule has 0 spiro atoms. The van der Waals surface area contributed by atoms with Crippen molar-refractivity contribution in [3.63, 3.8) is 0 Å². The first kappa shape index (κ1) is 10.8. The normalized spacial score (nSPS) is 21.8.